The van der Waals surface area contributed by atoms with E-state index in [1.807, 2.05) is 12.3 Å². The topological polar surface area (TPSA) is 50.8 Å². The molecule has 2 heteroatoms. The Kier molecular flexibility index (Phi) is 2.96. The highest BCUT2D eigenvalue weighted by Crippen LogP contribution is 1.92. The molecular formula is C6H12N2. The van der Waals surface area contributed by atoms with Crippen molar-refractivity contribution in [1.82, 2.24) is 11.1 Å². The lowest BCUT2D eigenvalue weighted by Crippen LogP contribution is -1.73. The van der Waals surface area contributed by atoms with Crippen LogP contribution in [0.3, 0.4) is 0 Å². The van der Waals surface area contributed by atoms with Crippen LogP contribution in [0.25, 0.3) is 0 Å². The third-order valence-electron chi connectivity index (χ3n) is 1.04. The predicted molar refractivity (Wildman–Crippen MR) is 35.2 cm³/mol. The van der Waals surface area contributed by atoms with Gasteiger partial charge in [-0.05, 0) is 18.6 Å². The summed E-state index contributed by atoms with van der Waals surface area (Å²) in [5.74, 6) is 0. The quantitative estimate of drug-likeness (QED) is 0.571. The molecule has 1 aromatic rings. The van der Waals surface area contributed by atoms with Crippen LogP contribution in [0.2, 0.25) is 0 Å². The van der Waals surface area contributed by atoms with E-state index in [4.69, 9.17) is 0 Å². The molecule has 0 fully saturated rings. The molecule has 0 saturated carbocycles. The van der Waals surface area contributed by atoms with Crippen molar-refractivity contribution < 1.29 is 0 Å². The van der Waals surface area contributed by atoms with Crippen molar-refractivity contribution in [1.29, 1.82) is 0 Å². The minimum absolute atomic E-state index is 0. The molecule has 4 N–H and O–H groups in total. The smallest absolute Gasteiger partial charge is 0.0144 e. The first-order valence-electron chi connectivity index (χ1n) is 2.55. The number of rotatable bonds is 1. The van der Waals surface area contributed by atoms with Gasteiger partial charge in [0.1, 0.15) is 0 Å². The average Bonchev–Trinajstić information content (AvgIpc) is 2.14. The highest BCUT2D eigenvalue weighted by Gasteiger charge is 1.80. The summed E-state index contributed by atoms with van der Waals surface area (Å²) in [6.07, 6.45) is 3.05. The first-order chi connectivity index (χ1) is 3.43. The first kappa shape index (κ1) is 7.24. The summed E-state index contributed by atoms with van der Waals surface area (Å²) < 4.78 is 0. The fourth-order valence-corrected chi connectivity index (χ4v) is 0.587. The van der Waals surface area contributed by atoms with Crippen LogP contribution in [0.1, 0.15) is 12.6 Å². The highest BCUT2D eigenvalue weighted by molar-refractivity contribution is 5.02. The Bertz CT molecular complexity index is 121. The zero-order valence-electron chi connectivity index (χ0n) is 5.15. The molecule has 0 radical (unpaired) electrons. The SMILES string of the molecule is CCc1ccc[nH]1.N. The lowest BCUT2D eigenvalue weighted by Gasteiger charge is -1.81. The Balaban J connectivity index is 0.000000490. The van der Waals surface area contributed by atoms with Gasteiger partial charge in [-0.1, -0.05) is 6.92 Å². The highest BCUT2D eigenvalue weighted by atomic mass is 14.7. The van der Waals surface area contributed by atoms with E-state index in [0.717, 1.165) is 6.42 Å². The Morgan fingerprint density at radius 2 is 2.38 bits per heavy atom. The monoisotopic (exact) mass is 112 g/mol. The average molecular weight is 112 g/mol. The van der Waals surface area contributed by atoms with Gasteiger partial charge in [-0.25, -0.2) is 0 Å². The van der Waals surface area contributed by atoms with E-state index < -0.39 is 0 Å². The number of aromatic nitrogens is 1. The maximum absolute atomic E-state index is 3.09. The molecule has 8 heavy (non-hydrogen) atoms. The first-order valence-corrected chi connectivity index (χ1v) is 2.55. The molecule has 0 amide bonds. The molecule has 0 aliphatic heterocycles. The summed E-state index contributed by atoms with van der Waals surface area (Å²) in [5, 5.41) is 0. The van der Waals surface area contributed by atoms with E-state index in [9.17, 15) is 0 Å². The molecule has 2 nitrogen and oxygen atoms in total. The van der Waals surface area contributed by atoms with Gasteiger partial charge in [0.2, 0.25) is 0 Å². The molecule has 46 valence electrons. The van der Waals surface area contributed by atoms with Crippen LogP contribution in [-0.4, -0.2) is 4.98 Å². The molecule has 0 aliphatic carbocycles. The molecule has 0 saturated heterocycles. The van der Waals surface area contributed by atoms with Crippen LogP contribution < -0.4 is 6.15 Å². The molecule has 0 spiro atoms. The summed E-state index contributed by atoms with van der Waals surface area (Å²) in [6, 6.07) is 4.10. The third-order valence-corrected chi connectivity index (χ3v) is 1.04. The molecule has 0 aromatic carbocycles. The maximum Gasteiger partial charge on any atom is 0.0144 e. The second-order valence-corrected chi connectivity index (χ2v) is 1.55. The molecule has 1 aromatic heterocycles. The second-order valence-electron chi connectivity index (χ2n) is 1.55. The standard InChI is InChI=1S/C6H9N.H3N/c1-2-6-4-3-5-7-6;/h3-5,7H,2H2,1H3;1H3. The summed E-state index contributed by atoms with van der Waals surface area (Å²) in [5.41, 5.74) is 1.31. The van der Waals surface area contributed by atoms with Crippen molar-refractivity contribution in [3.05, 3.63) is 24.0 Å². The minimum atomic E-state index is 0. The van der Waals surface area contributed by atoms with E-state index in [1.54, 1.807) is 0 Å². The summed E-state index contributed by atoms with van der Waals surface area (Å²) in [7, 11) is 0. The van der Waals surface area contributed by atoms with Crippen molar-refractivity contribution in [2.45, 2.75) is 13.3 Å². The van der Waals surface area contributed by atoms with Crippen molar-refractivity contribution in [2.75, 3.05) is 0 Å². The van der Waals surface area contributed by atoms with Gasteiger partial charge in [-0.15, -0.1) is 0 Å². The number of nitrogens with one attached hydrogen (secondary N) is 1. The van der Waals surface area contributed by atoms with Crippen molar-refractivity contribution >= 4 is 0 Å². The van der Waals surface area contributed by atoms with Crippen LogP contribution in [0.15, 0.2) is 18.3 Å². The normalized spacial score (nSPS) is 8.12. The number of H-pyrrole nitrogens is 1. The van der Waals surface area contributed by atoms with Gasteiger partial charge in [0.05, 0.1) is 0 Å². The molecule has 1 rings (SSSR count). The Morgan fingerprint density at radius 1 is 1.62 bits per heavy atom. The van der Waals surface area contributed by atoms with Gasteiger partial charge in [-0.3, -0.25) is 0 Å². The zero-order chi connectivity index (χ0) is 5.11. The van der Waals surface area contributed by atoms with Crippen LogP contribution >= 0.6 is 0 Å². The number of aryl methyl sites for hydroxylation is 1. The summed E-state index contributed by atoms with van der Waals surface area (Å²) in [6.45, 7) is 2.13. The van der Waals surface area contributed by atoms with Crippen LogP contribution in [-0.2, 0) is 6.42 Å². The molecule has 0 atom stereocenters. The fraction of sp³-hybridized carbons (Fsp3) is 0.333. The van der Waals surface area contributed by atoms with E-state index in [-0.39, 0.29) is 6.15 Å². The third kappa shape index (κ3) is 1.39. The molecule has 1 heterocycles. The van der Waals surface area contributed by atoms with E-state index in [0.29, 0.717) is 0 Å². The minimum Gasteiger partial charge on any atom is -0.365 e. The van der Waals surface area contributed by atoms with E-state index in [2.05, 4.69) is 18.0 Å². The summed E-state index contributed by atoms with van der Waals surface area (Å²) in [4.78, 5) is 3.09. The number of hydrogen-bond acceptors (Lipinski definition) is 1. The van der Waals surface area contributed by atoms with E-state index in [1.165, 1.54) is 5.69 Å². The lowest BCUT2D eigenvalue weighted by molar-refractivity contribution is 1.06. The van der Waals surface area contributed by atoms with Crippen LogP contribution in [0, 0.1) is 0 Å². The van der Waals surface area contributed by atoms with Crippen LogP contribution in [0.4, 0.5) is 0 Å². The van der Waals surface area contributed by atoms with Gasteiger partial charge in [-0.2, -0.15) is 0 Å². The molecule has 0 bridgehead atoms. The molecule has 0 aliphatic rings. The molecular weight excluding hydrogens is 100 g/mol. The van der Waals surface area contributed by atoms with Gasteiger partial charge >= 0.3 is 0 Å². The molecule has 0 unspecified atom stereocenters. The van der Waals surface area contributed by atoms with Gasteiger partial charge < -0.3 is 11.1 Å². The Labute approximate surface area is 49.5 Å². The zero-order valence-corrected chi connectivity index (χ0v) is 5.15. The number of aromatic amines is 1. The fourth-order valence-electron chi connectivity index (χ4n) is 0.587. The van der Waals surface area contributed by atoms with Crippen LogP contribution in [0.5, 0.6) is 0 Å². The Morgan fingerprint density at radius 3 is 2.62 bits per heavy atom. The van der Waals surface area contributed by atoms with Crippen molar-refractivity contribution in [3.63, 3.8) is 0 Å². The van der Waals surface area contributed by atoms with Gasteiger partial charge in [0, 0.05) is 11.9 Å². The predicted octanol–water partition coefficient (Wildman–Crippen LogP) is 1.74. The summed E-state index contributed by atoms with van der Waals surface area (Å²) >= 11 is 0. The van der Waals surface area contributed by atoms with Crippen molar-refractivity contribution in [2.24, 2.45) is 0 Å². The Hall–Kier alpha value is -0.760. The van der Waals surface area contributed by atoms with Gasteiger partial charge in [0.15, 0.2) is 0 Å². The van der Waals surface area contributed by atoms with E-state index >= 15 is 0 Å². The lowest BCUT2D eigenvalue weighted by atomic mass is 10.4. The number of hydrogen-bond donors (Lipinski definition) is 2. The maximum atomic E-state index is 3.09. The van der Waals surface area contributed by atoms with Crippen molar-refractivity contribution in [3.8, 4) is 0 Å². The van der Waals surface area contributed by atoms with Gasteiger partial charge in [0.25, 0.3) is 0 Å². The second kappa shape index (κ2) is 3.27. The largest absolute Gasteiger partial charge is 0.365 e.